The van der Waals surface area contributed by atoms with Crippen LogP contribution in [0, 0.1) is 6.92 Å². The first kappa shape index (κ1) is 13.8. The van der Waals surface area contributed by atoms with Gasteiger partial charge in [-0.25, -0.2) is 13.4 Å². The Labute approximate surface area is 124 Å². The summed E-state index contributed by atoms with van der Waals surface area (Å²) in [4.78, 5) is 4.28. The van der Waals surface area contributed by atoms with Gasteiger partial charge < -0.3 is 4.57 Å². The molecule has 0 N–H and O–H groups in total. The number of sulfone groups is 1. The van der Waals surface area contributed by atoms with Crippen molar-refractivity contribution in [1.82, 2.24) is 9.55 Å². The van der Waals surface area contributed by atoms with E-state index in [2.05, 4.69) is 11.1 Å². The molecule has 3 aromatic rings. The average molecular weight is 300 g/mol. The van der Waals surface area contributed by atoms with Crippen molar-refractivity contribution in [3.05, 3.63) is 59.7 Å². The van der Waals surface area contributed by atoms with Crippen LogP contribution in [0.5, 0.6) is 0 Å². The number of nitrogens with zero attached hydrogens (tertiary/aromatic N) is 2. The standard InChI is InChI=1S/C16H16N2O2S/c1-12-6-5-7-13(10-12)11-18-15-9-4-3-8-14(15)17-16(18)21(2,19)20/h3-10H,11H2,1-2H3. The van der Waals surface area contributed by atoms with E-state index in [4.69, 9.17) is 0 Å². The Morgan fingerprint density at radius 1 is 1.10 bits per heavy atom. The predicted octanol–water partition coefficient (Wildman–Crippen LogP) is 2.80. The lowest BCUT2D eigenvalue weighted by molar-refractivity contribution is 0.581. The first-order valence-electron chi connectivity index (χ1n) is 6.66. The fraction of sp³-hybridized carbons (Fsp3) is 0.188. The minimum Gasteiger partial charge on any atom is -0.310 e. The number of imidazole rings is 1. The van der Waals surface area contributed by atoms with Crippen LogP contribution in [0.15, 0.2) is 53.7 Å². The van der Waals surface area contributed by atoms with Crippen LogP contribution in [0.25, 0.3) is 11.0 Å². The van der Waals surface area contributed by atoms with Crippen molar-refractivity contribution in [2.45, 2.75) is 18.6 Å². The fourth-order valence-electron chi connectivity index (χ4n) is 2.48. The number of aryl methyl sites for hydroxylation is 1. The zero-order chi connectivity index (χ0) is 15.0. The number of aromatic nitrogens is 2. The molecule has 0 saturated heterocycles. The van der Waals surface area contributed by atoms with Crippen molar-refractivity contribution in [2.75, 3.05) is 6.26 Å². The summed E-state index contributed by atoms with van der Waals surface area (Å²) in [5, 5.41) is 0.116. The molecule has 0 aliphatic carbocycles. The molecule has 0 spiro atoms. The summed E-state index contributed by atoms with van der Waals surface area (Å²) in [6.45, 7) is 2.51. The molecule has 0 aliphatic rings. The van der Waals surface area contributed by atoms with E-state index in [0.717, 1.165) is 16.6 Å². The van der Waals surface area contributed by atoms with Crippen molar-refractivity contribution in [1.29, 1.82) is 0 Å². The SMILES string of the molecule is Cc1cccc(Cn2c(S(C)(=O)=O)nc3ccccc32)c1. The van der Waals surface area contributed by atoms with E-state index in [9.17, 15) is 8.42 Å². The van der Waals surface area contributed by atoms with E-state index in [0.29, 0.717) is 12.1 Å². The highest BCUT2D eigenvalue weighted by molar-refractivity contribution is 7.90. The van der Waals surface area contributed by atoms with Crippen LogP contribution >= 0.6 is 0 Å². The highest BCUT2D eigenvalue weighted by atomic mass is 32.2. The lowest BCUT2D eigenvalue weighted by Crippen LogP contribution is -2.10. The third-order valence-electron chi connectivity index (χ3n) is 3.37. The number of fused-ring (bicyclic) bond motifs is 1. The minimum atomic E-state index is -3.37. The quantitative estimate of drug-likeness (QED) is 0.747. The molecule has 3 rings (SSSR count). The molecular formula is C16H16N2O2S. The van der Waals surface area contributed by atoms with E-state index in [1.165, 1.54) is 6.26 Å². The summed E-state index contributed by atoms with van der Waals surface area (Å²) >= 11 is 0. The Bertz CT molecular complexity index is 911. The maximum absolute atomic E-state index is 12.0. The van der Waals surface area contributed by atoms with Gasteiger partial charge in [-0.2, -0.15) is 0 Å². The van der Waals surface area contributed by atoms with Gasteiger partial charge in [0.15, 0.2) is 0 Å². The van der Waals surface area contributed by atoms with Gasteiger partial charge in [-0.3, -0.25) is 0 Å². The van der Waals surface area contributed by atoms with E-state index >= 15 is 0 Å². The molecule has 1 aromatic heterocycles. The molecule has 0 amide bonds. The Balaban J connectivity index is 2.20. The van der Waals surface area contributed by atoms with Gasteiger partial charge in [0.2, 0.25) is 15.0 Å². The molecule has 0 saturated carbocycles. The van der Waals surface area contributed by atoms with Crippen molar-refractivity contribution in [3.63, 3.8) is 0 Å². The molecule has 0 aliphatic heterocycles. The molecule has 0 bridgehead atoms. The largest absolute Gasteiger partial charge is 0.310 e. The van der Waals surface area contributed by atoms with Crippen molar-refractivity contribution in [3.8, 4) is 0 Å². The minimum absolute atomic E-state index is 0.116. The molecule has 21 heavy (non-hydrogen) atoms. The molecule has 108 valence electrons. The summed E-state index contributed by atoms with van der Waals surface area (Å²) < 4.78 is 25.8. The van der Waals surface area contributed by atoms with Gasteiger partial charge in [0, 0.05) is 6.26 Å². The highest BCUT2D eigenvalue weighted by Gasteiger charge is 2.19. The van der Waals surface area contributed by atoms with Gasteiger partial charge in [0.25, 0.3) is 0 Å². The number of para-hydroxylation sites is 2. The Kier molecular flexibility index (Phi) is 3.29. The molecule has 0 atom stereocenters. The van der Waals surface area contributed by atoms with Crippen LogP contribution in [0.2, 0.25) is 0 Å². The van der Waals surface area contributed by atoms with Gasteiger partial charge in [-0.1, -0.05) is 42.0 Å². The Morgan fingerprint density at radius 2 is 1.86 bits per heavy atom. The molecule has 5 heteroatoms. The van der Waals surface area contributed by atoms with Crippen LogP contribution in [0.3, 0.4) is 0 Å². The first-order chi connectivity index (χ1) is 9.95. The van der Waals surface area contributed by atoms with Crippen molar-refractivity contribution >= 4 is 20.9 Å². The van der Waals surface area contributed by atoms with Crippen molar-refractivity contribution in [2.24, 2.45) is 0 Å². The summed E-state index contributed by atoms with van der Waals surface area (Å²) in [5.41, 5.74) is 3.74. The normalized spacial score (nSPS) is 11.9. The zero-order valence-electron chi connectivity index (χ0n) is 11.9. The first-order valence-corrected chi connectivity index (χ1v) is 8.55. The molecule has 2 aromatic carbocycles. The van der Waals surface area contributed by atoms with E-state index in [1.54, 1.807) is 4.57 Å². The number of hydrogen-bond donors (Lipinski definition) is 0. The van der Waals surface area contributed by atoms with Gasteiger partial charge >= 0.3 is 0 Å². The molecule has 0 unspecified atom stereocenters. The second kappa shape index (κ2) is 5.00. The third kappa shape index (κ3) is 2.69. The second-order valence-corrected chi connectivity index (χ2v) is 7.14. The molecule has 0 radical (unpaired) electrons. The third-order valence-corrected chi connectivity index (χ3v) is 4.35. The average Bonchev–Trinajstić information content (AvgIpc) is 2.78. The fourth-order valence-corrected chi connectivity index (χ4v) is 3.31. The van der Waals surface area contributed by atoms with Crippen LogP contribution in [-0.4, -0.2) is 24.2 Å². The maximum atomic E-state index is 12.0. The van der Waals surface area contributed by atoms with Crippen LogP contribution in [-0.2, 0) is 16.4 Å². The van der Waals surface area contributed by atoms with Crippen LogP contribution in [0.1, 0.15) is 11.1 Å². The van der Waals surface area contributed by atoms with Gasteiger partial charge in [-0.05, 0) is 24.6 Å². The molecule has 4 nitrogen and oxygen atoms in total. The second-order valence-electron chi connectivity index (χ2n) is 5.23. The number of hydrogen-bond acceptors (Lipinski definition) is 3. The van der Waals surface area contributed by atoms with E-state index in [-0.39, 0.29) is 5.16 Å². The van der Waals surface area contributed by atoms with E-state index in [1.807, 2.05) is 49.4 Å². The monoisotopic (exact) mass is 300 g/mol. The van der Waals surface area contributed by atoms with Crippen LogP contribution in [0.4, 0.5) is 0 Å². The number of benzene rings is 2. The van der Waals surface area contributed by atoms with Gasteiger partial charge in [0.05, 0.1) is 17.6 Å². The Hall–Kier alpha value is -2.14. The smallest absolute Gasteiger partial charge is 0.228 e. The topological polar surface area (TPSA) is 52.0 Å². The summed E-state index contributed by atoms with van der Waals surface area (Å²) in [6.07, 6.45) is 1.20. The van der Waals surface area contributed by atoms with Crippen LogP contribution < -0.4 is 0 Å². The Morgan fingerprint density at radius 3 is 2.57 bits per heavy atom. The van der Waals surface area contributed by atoms with Gasteiger partial charge in [0.1, 0.15) is 0 Å². The summed E-state index contributed by atoms with van der Waals surface area (Å²) in [7, 11) is -3.37. The summed E-state index contributed by atoms with van der Waals surface area (Å²) in [6, 6.07) is 15.5. The predicted molar refractivity (Wildman–Crippen MR) is 83.1 cm³/mol. The molecular weight excluding hydrogens is 284 g/mol. The molecule has 0 fully saturated rings. The zero-order valence-corrected chi connectivity index (χ0v) is 12.8. The van der Waals surface area contributed by atoms with Crippen molar-refractivity contribution < 1.29 is 8.42 Å². The molecule has 1 heterocycles. The summed E-state index contributed by atoms with van der Waals surface area (Å²) in [5.74, 6) is 0. The maximum Gasteiger partial charge on any atom is 0.228 e. The van der Waals surface area contributed by atoms with Gasteiger partial charge in [-0.15, -0.1) is 0 Å². The number of rotatable bonds is 3. The van der Waals surface area contributed by atoms with E-state index < -0.39 is 9.84 Å². The lowest BCUT2D eigenvalue weighted by Gasteiger charge is -2.08. The lowest BCUT2D eigenvalue weighted by atomic mass is 10.1. The highest BCUT2D eigenvalue weighted by Crippen LogP contribution is 2.21.